The van der Waals surface area contributed by atoms with Crippen LogP contribution in [0.4, 0.5) is 11.4 Å². The third-order valence-corrected chi connectivity index (χ3v) is 9.02. The molecule has 7 rings (SSSR count). The van der Waals surface area contributed by atoms with Crippen molar-refractivity contribution in [2.24, 2.45) is 0 Å². The molecule has 6 aromatic rings. The number of hydrogen-bond donors (Lipinski definition) is 0. The Bertz CT molecular complexity index is 2080. The van der Waals surface area contributed by atoms with E-state index in [1.54, 1.807) is 0 Å². The van der Waals surface area contributed by atoms with Crippen LogP contribution < -0.4 is 9.80 Å². The first-order chi connectivity index (χ1) is 22.6. The summed E-state index contributed by atoms with van der Waals surface area (Å²) in [6, 6.07) is 47.7. The van der Waals surface area contributed by atoms with Gasteiger partial charge in [0.25, 0.3) is 0 Å². The molecule has 6 aromatic carbocycles. The number of fused-ring (bicyclic) bond motifs is 2. The molecule has 0 aliphatic heterocycles. The summed E-state index contributed by atoms with van der Waals surface area (Å²) in [6.45, 7) is 6.75. The molecule has 0 saturated carbocycles. The van der Waals surface area contributed by atoms with Gasteiger partial charge in [-0.2, -0.15) is 0 Å². The van der Waals surface area contributed by atoms with Gasteiger partial charge in [0, 0.05) is 46.2 Å². The Kier molecular flexibility index (Phi) is 8.10. The van der Waals surface area contributed by atoms with Crippen LogP contribution in [0.3, 0.4) is 0 Å². The molecule has 224 valence electrons. The molecule has 0 aromatic heterocycles. The zero-order chi connectivity index (χ0) is 31.5. The molecule has 0 unspecified atom stereocenters. The van der Waals surface area contributed by atoms with E-state index in [1.807, 2.05) is 0 Å². The first kappa shape index (κ1) is 29.1. The second-order valence-corrected chi connectivity index (χ2v) is 11.8. The van der Waals surface area contributed by atoms with Gasteiger partial charge in [0.15, 0.2) is 0 Å². The second-order valence-electron chi connectivity index (χ2n) is 11.8. The molecule has 2 heteroatoms. The molecule has 0 radical (unpaired) electrons. The minimum absolute atomic E-state index is 0.893. The molecule has 0 saturated heterocycles. The highest BCUT2D eigenvalue weighted by Crippen LogP contribution is 2.40. The van der Waals surface area contributed by atoms with E-state index >= 15 is 0 Å². The van der Waals surface area contributed by atoms with Gasteiger partial charge in [0.1, 0.15) is 0 Å². The van der Waals surface area contributed by atoms with Crippen molar-refractivity contribution in [3.63, 3.8) is 0 Å². The largest absolute Gasteiger partial charge is 0.347 e. The number of hydrogen-bond acceptors (Lipinski definition) is 2. The van der Waals surface area contributed by atoms with Gasteiger partial charge < -0.3 is 9.80 Å². The van der Waals surface area contributed by atoms with Crippen LogP contribution in [0.2, 0.25) is 0 Å². The van der Waals surface area contributed by atoms with Crippen LogP contribution in [-0.2, 0) is 0 Å². The summed E-state index contributed by atoms with van der Waals surface area (Å²) in [5, 5.41) is 5.07. The Morgan fingerprint density at radius 1 is 0.630 bits per heavy atom. The van der Waals surface area contributed by atoms with Gasteiger partial charge in [-0.25, -0.2) is 0 Å². The Morgan fingerprint density at radius 3 is 1.85 bits per heavy atom. The molecule has 0 amide bonds. The van der Waals surface area contributed by atoms with Crippen LogP contribution in [0.25, 0.3) is 44.4 Å². The second kappa shape index (κ2) is 12.8. The van der Waals surface area contributed by atoms with E-state index in [9.17, 15) is 0 Å². The highest BCUT2D eigenvalue weighted by atomic mass is 15.2. The van der Waals surface area contributed by atoms with Crippen LogP contribution in [0, 0.1) is 0 Å². The number of anilines is 2. The normalized spacial score (nSPS) is 13.1. The lowest BCUT2D eigenvalue weighted by Gasteiger charge is -2.34. The molecule has 0 fully saturated rings. The van der Waals surface area contributed by atoms with Gasteiger partial charge in [-0.1, -0.05) is 134 Å². The third-order valence-electron chi connectivity index (χ3n) is 9.02. The maximum atomic E-state index is 4.69. The van der Waals surface area contributed by atoms with Crippen molar-refractivity contribution >= 4 is 44.7 Å². The molecule has 0 N–H and O–H groups in total. The average Bonchev–Trinajstić information content (AvgIpc) is 3.12. The molecule has 0 bridgehead atoms. The van der Waals surface area contributed by atoms with E-state index in [-0.39, 0.29) is 0 Å². The average molecular weight is 595 g/mol. The van der Waals surface area contributed by atoms with Crippen molar-refractivity contribution in [3.05, 3.63) is 181 Å². The number of rotatable bonds is 8. The first-order valence-electron chi connectivity index (χ1n) is 16.0. The topological polar surface area (TPSA) is 6.48 Å². The first-order valence-corrected chi connectivity index (χ1v) is 16.0. The van der Waals surface area contributed by atoms with Crippen LogP contribution >= 0.6 is 0 Å². The lowest BCUT2D eigenvalue weighted by Crippen LogP contribution is -2.24. The quantitative estimate of drug-likeness (QED) is 0.162. The van der Waals surface area contributed by atoms with Crippen molar-refractivity contribution < 1.29 is 0 Å². The number of nitrogens with zero attached hydrogens (tertiary/aromatic N) is 2. The van der Waals surface area contributed by atoms with Crippen LogP contribution in [0.15, 0.2) is 170 Å². The predicted molar refractivity (Wildman–Crippen MR) is 200 cm³/mol. The summed E-state index contributed by atoms with van der Waals surface area (Å²) >= 11 is 0. The molecule has 2 nitrogen and oxygen atoms in total. The summed E-state index contributed by atoms with van der Waals surface area (Å²) < 4.78 is 0. The van der Waals surface area contributed by atoms with Gasteiger partial charge in [0.2, 0.25) is 0 Å². The highest BCUT2D eigenvalue weighted by Gasteiger charge is 2.23. The van der Waals surface area contributed by atoms with E-state index in [4.69, 9.17) is 6.58 Å². The predicted octanol–water partition coefficient (Wildman–Crippen LogP) is 11.9. The summed E-state index contributed by atoms with van der Waals surface area (Å²) in [5.74, 6) is 0. The monoisotopic (exact) mass is 594 g/mol. The molecular weight excluding hydrogens is 556 g/mol. The maximum Gasteiger partial charge on any atom is 0.0564 e. The minimum Gasteiger partial charge on any atom is -0.347 e. The van der Waals surface area contributed by atoms with Gasteiger partial charge in [-0.15, -0.1) is 0 Å². The number of allylic oxidation sites excluding steroid dienone is 5. The fourth-order valence-corrected chi connectivity index (χ4v) is 6.71. The lowest BCUT2D eigenvalue weighted by molar-refractivity contribution is 0.842. The summed E-state index contributed by atoms with van der Waals surface area (Å²) in [7, 11) is 2.21. The molecule has 0 spiro atoms. The zero-order valence-electron chi connectivity index (χ0n) is 26.5. The highest BCUT2D eigenvalue weighted by molar-refractivity contribution is 6.11. The zero-order valence-corrected chi connectivity index (χ0v) is 26.5. The Balaban J connectivity index is 1.29. The Labute approximate surface area is 272 Å². The van der Waals surface area contributed by atoms with Crippen molar-refractivity contribution in [2.75, 3.05) is 16.8 Å². The molecular formula is C44H38N2. The fraction of sp³-hybridized carbons (Fsp3) is 0.0909. The van der Waals surface area contributed by atoms with Crippen LogP contribution in [-0.4, -0.2) is 7.05 Å². The van der Waals surface area contributed by atoms with E-state index in [2.05, 4.69) is 182 Å². The molecule has 0 atom stereocenters. The van der Waals surface area contributed by atoms with Crippen LogP contribution in [0.1, 0.15) is 30.9 Å². The van der Waals surface area contributed by atoms with E-state index in [1.165, 1.54) is 49.8 Å². The van der Waals surface area contributed by atoms with E-state index in [0.29, 0.717) is 0 Å². The maximum absolute atomic E-state index is 4.69. The fourth-order valence-electron chi connectivity index (χ4n) is 6.71. The van der Waals surface area contributed by atoms with Gasteiger partial charge >= 0.3 is 0 Å². The van der Waals surface area contributed by atoms with Crippen molar-refractivity contribution in [1.82, 2.24) is 0 Å². The molecule has 46 heavy (non-hydrogen) atoms. The van der Waals surface area contributed by atoms with Crippen molar-refractivity contribution in [1.29, 1.82) is 0 Å². The lowest BCUT2D eigenvalue weighted by atomic mass is 9.97. The number of benzene rings is 6. The van der Waals surface area contributed by atoms with Crippen LogP contribution in [0.5, 0.6) is 0 Å². The van der Waals surface area contributed by atoms with Crippen molar-refractivity contribution in [3.8, 4) is 11.1 Å². The standard InChI is InChI=1S/C44H38N2/c1-4-14-35-17-8-11-20-41(35)32(2)46(39-25-23-34(24-26-39)33-15-6-5-7-16-33)40-29-27-38(28-30-40)45(3)44-42-21-12-9-18-36(42)31-37-19-10-13-22-43(37)44/h4-27,29,31H,2,28,30H2,1,3H3/b14-4-. The molecule has 1 aliphatic rings. The minimum atomic E-state index is 0.893. The summed E-state index contributed by atoms with van der Waals surface area (Å²) in [4.78, 5) is 4.74. The summed E-state index contributed by atoms with van der Waals surface area (Å²) in [5.41, 5.74) is 10.6. The SMILES string of the molecule is C=C(c1ccccc1/C=C\C)N(C1=CC=C(N(C)c2c3ccccc3cc3ccccc23)CC1)c1ccc(-c2ccccc2)cc1. The van der Waals surface area contributed by atoms with Gasteiger partial charge in [-0.3, -0.25) is 0 Å². The summed E-state index contributed by atoms with van der Waals surface area (Å²) in [6.07, 6.45) is 10.6. The van der Waals surface area contributed by atoms with E-state index in [0.717, 1.165) is 35.4 Å². The smallest absolute Gasteiger partial charge is 0.0564 e. The third kappa shape index (κ3) is 5.55. The van der Waals surface area contributed by atoms with Gasteiger partial charge in [-0.05, 0) is 77.6 Å². The Hall–Kier alpha value is -5.60. The van der Waals surface area contributed by atoms with Crippen molar-refractivity contribution in [2.45, 2.75) is 19.8 Å². The molecule has 1 aliphatic carbocycles. The Morgan fingerprint density at radius 2 is 1.20 bits per heavy atom. The van der Waals surface area contributed by atoms with Gasteiger partial charge in [0.05, 0.1) is 5.69 Å². The van der Waals surface area contributed by atoms with E-state index < -0.39 is 0 Å². The molecule has 0 heterocycles.